The number of rotatable bonds is 7. The van der Waals surface area contributed by atoms with Crippen LogP contribution < -0.4 is 10.6 Å². The lowest BCUT2D eigenvalue weighted by molar-refractivity contribution is -0.130. The van der Waals surface area contributed by atoms with Gasteiger partial charge in [-0.15, -0.1) is 0 Å². The van der Waals surface area contributed by atoms with Crippen LogP contribution >= 0.6 is 0 Å². The molecule has 20 heavy (non-hydrogen) atoms. The summed E-state index contributed by atoms with van der Waals surface area (Å²) in [7, 11) is 0. The first-order valence-corrected chi connectivity index (χ1v) is 7.35. The number of carbonyl (C=O) groups is 2. The highest BCUT2D eigenvalue weighted by Gasteiger charge is 2.24. The number of hydrogen-bond acceptors (Lipinski definition) is 4. The fourth-order valence-corrected chi connectivity index (χ4v) is 2.22. The van der Waals surface area contributed by atoms with Crippen molar-refractivity contribution in [1.29, 1.82) is 0 Å². The summed E-state index contributed by atoms with van der Waals surface area (Å²) in [5, 5.41) is 5.62. The molecule has 1 rings (SSSR count). The van der Waals surface area contributed by atoms with Gasteiger partial charge in [-0.3, -0.25) is 4.79 Å². The van der Waals surface area contributed by atoms with E-state index < -0.39 is 6.09 Å². The molecule has 2 N–H and O–H groups in total. The van der Waals surface area contributed by atoms with Crippen molar-refractivity contribution < 1.29 is 19.1 Å². The minimum atomic E-state index is -0.440. The van der Waals surface area contributed by atoms with E-state index in [1.54, 1.807) is 6.92 Å². The SMILES string of the molecule is CCOC(=O)N[C@H](CNC(=O)[C@@H]1CCCO1)CC(C)C. The smallest absolute Gasteiger partial charge is 0.407 e. The first kappa shape index (κ1) is 16.8. The summed E-state index contributed by atoms with van der Waals surface area (Å²) in [4.78, 5) is 23.3. The van der Waals surface area contributed by atoms with Crippen molar-refractivity contribution in [3.8, 4) is 0 Å². The zero-order valence-corrected chi connectivity index (χ0v) is 12.6. The van der Waals surface area contributed by atoms with Crippen molar-refractivity contribution in [2.45, 2.75) is 52.2 Å². The van der Waals surface area contributed by atoms with Crippen LogP contribution in [0.15, 0.2) is 0 Å². The van der Waals surface area contributed by atoms with Crippen molar-refractivity contribution >= 4 is 12.0 Å². The predicted molar refractivity (Wildman–Crippen MR) is 75.4 cm³/mol. The Kier molecular flexibility index (Phi) is 7.36. The molecule has 0 unspecified atom stereocenters. The Bertz CT molecular complexity index is 314. The maximum Gasteiger partial charge on any atom is 0.407 e. The summed E-state index contributed by atoms with van der Waals surface area (Å²) in [5.74, 6) is 0.323. The molecule has 1 aliphatic rings. The van der Waals surface area contributed by atoms with Gasteiger partial charge in [0.2, 0.25) is 5.91 Å². The largest absolute Gasteiger partial charge is 0.450 e. The molecule has 6 nitrogen and oxygen atoms in total. The van der Waals surface area contributed by atoms with E-state index in [2.05, 4.69) is 24.5 Å². The third kappa shape index (κ3) is 6.23. The van der Waals surface area contributed by atoms with Crippen LogP contribution in [0.4, 0.5) is 4.79 Å². The Balaban J connectivity index is 2.38. The van der Waals surface area contributed by atoms with Gasteiger partial charge in [0, 0.05) is 19.2 Å². The second-order valence-corrected chi connectivity index (χ2v) is 5.44. The summed E-state index contributed by atoms with van der Waals surface area (Å²) in [6, 6.07) is -0.126. The predicted octanol–water partition coefficient (Wildman–Crippen LogP) is 1.44. The van der Waals surface area contributed by atoms with E-state index in [-0.39, 0.29) is 18.1 Å². The van der Waals surface area contributed by atoms with Gasteiger partial charge in [0.15, 0.2) is 0 Å². The summed E-state index contributed by atoms with van der Waals surface area (Å²) in [5.41, 5.74) is 0. The van der Waals surface area contributed by atoms with E-state index in [1.165, 1.54) is 0 Å². The highest BCUT2D eigenvalue weighted by atomic mass is 16.5. The molecule has 0 aromatic carbocycles. The van der Waals surface area contributed by atoms with Gasteiger partial charge < -0.3 is 20.1 Å². The number of hydrogen-bond donors (Lipinski definition) is 2. The number of carbonyl (C=O) groups excluding carboxylic acids is 2. The minimum Gasteiger partial charge on any atom is -0.450 e. The number of ether oxygens (including phenoxy) is 2. The van der Waals surface area contributed by atoms with Crippen molar-refractivity contribution in [2.75, 3.05) is 19.8 Å². The van der Waals surface area contributed by atoms with Crippen LogP contribution in [0.2, 0.25) is 0 Å². The minimum absolute atomic E-state index is 0.0954. The van der Waals surface area contributed by atoms with Gasteiger partial charge in [-0.2, -0.15) is 0 Å². The van der Waals surface area contributed by atoms with Gasteiger partial charge in [-0.25, -0.2) is 4.79 Å². The van der Waals surface area contributed by atoms with Crippen molar-refractivity contribution in [1.82, 2.24) is 10.6 Å². The van der Waals surface area contributed by atoms with Crippen LogP contribution in [0.5, 0.6) is 0 Å². The Labute approximate surface area is 120 Å². The second-order valence-electron chi connectivity index (χ2n) is 5.44. The Morgan fingerprint density at radius 2 is 2.15 bits per heavy atom. The van der Waals surface area contributed by atoms with E-state index in [0.29, 0.717) is 25.7 Å². The van der Waals surface area contributed by atoms with E-state index in [9.17, 15) is 9.59 Å². The van der Waals surface area contributed by atoms with Gasteiger partial charge >= 0.3 is 6.09 Å². The van der Waals surface area contributed by atoms with Gasteiger partial charge in [0.25, 0.3) is 0 Å². The van der Waals surface area contributed by atoms with Gasteiger partial charge in [0.05, 0.1) is 6.61 Å². The molecule has 1 fully saturated rings. The maximum atomic E-state index is 11.9. The molecule has 0 bridgehead atoms. The fourth-order valence-electron chi connectivity index (χ4n) is 2.22. The summed E-state index contributed by atoms with van der Waals surface area (Å²) in [6.45, 7) is 7.28. The van der Waals surface area contributed by atoms with Crippen molar-refractivity contribution in [3.63, 3.8) is 0 Å². The summed E-state index contributed by atoms with van der Waals surface area (Å²) >= 11 is 0. The Hall–Kier alpha value is -1.30. The lowest BCUT2D eigenvalue weighted by Crippen LogP contribution is -2.46. The molecule has 0 spiro atoms. The van der Waals surface area contributed by atoms with Crippen LogP contribution in [0.3, 0.4) is 0 Å². The molecule has 2 atom stereocenters. The quantitative estimate of drug-likeness (QED) is 0.742. The number of amides is 2. The summed E-state index contributed by atoms with van der Waals surface area (Å²) in [6.07, 6.45) is 1.70. The molecule has 6 heteroatoms. The molecule has 0 saturated carbocycles. The molecule has 0 aromatic heterocycles. The lowest BCUT2D eigenvalue weighted by atomic mass is 10.0. The van der Waals surface area contributed by atoms with Gasteiger partial charge in [0.1, 0.15) is 6.10 Å². The first-order chi connectivity index (χ1) is 9.52. The number of alkyl carbamates (subject to hydrolysis) is 1. The van der Waals surface area contributed by atoms with Crippen LogP contribution in [0, 0.1) is 5.92 Å². The summed E-state index contributed by atoms with van der Waals surface area (Å²) < 4.78 is 10.2. The van der Waals surface area contributed by atoms with E-state index in [0.717, 1.165) is 19.3 Å². The average Bonchev–Trinajstić information content (AvgIpc) is 2.89. The Morgan fingerprint density at radius 1 is 1.40 bits per heavy atom. The van der Waals surface area contributed by atoms with Crippen LogP contribution in [0.25, 0.3) is 0 Å². The zero-order chi connectivity index (χ0) is 15.0. The third-order valence-electron chi connectivity index (χ3n) is 3.10. The van der Waals surface area contributed by atoms with E-state index in [1.807, 2.05) is 0 Å². The van der Waals surface area contributed by atoms with E-state index >= 15 is 0 Å². The third-order valence-corrected chi connectivity index (χ3v) is 3.10. The standard InChI is InChI=1S/C14H26N2O4/c1-4-19-14(18)16-11(8-10(2)3)9-15-13(17)12-6-5-7-20-12/h10-12H,4-9H2,1-3H3,(H,15,17)(H,16,18)/t11-,12-/m0/s1. The maximum absolute atomic E-state index is 11.9. The molecule has 1 saturated heterocycles. The molecule has 116 valence electrons. The van der Waals surface area contributed by atoms with Crippen LogP contribution in [-0.4, -0.2) is 43.9 Å². The number of nitrogens with one attached hydrogen (secondary N) is 2. The Morgan fingerprint density at radius 3 is 2.70 bits per heavy atom. The van der Waals surface area contributed by atoms with Gasteiger partial charge in [-0.1, -0.05) is 13.8 Å². The molecular formula is C14H26N2O4. The zero-order valence-electron chi connectivity index (χ0n) is 12.6. The molecule has 1 aliphatic heterocycles. The average molecular weight is 286 g/mol. The molecule has 0 aliphatic carbocycles. The first-order valence-electron chi connectivity index (χ1n) is 7.35. The van der Waals surface area contributed by atoms with Gasteiger partial charge in [-0.05, 0) is 32.1 Å². The van der Waals surface area contributed by atoms with Crippen molar-refractivity contribution in [2.24, 2.45) is 5.92 Å². The topological polar surface area (TPSA) is 76.7 Å². The highest BCUT2D eigenvalue weighted by molar-refractivity contribution is 5.81. The van der Waals surface area contributed by atoms with Crippen molar-refractivity contribution in [3.05, 3.63) is 0 Å². The molecular weight excluding hydrogens is 260 g/mol. The molecule has 0 radical (unpaired) electrons. The second kappa shape index (κ2) is 8.79. The molecule has 0 aromatic rings. The lowest BCUT2D eigenvalue weighted by Gasteiger charge is -2.21. The normalized spacial score (nSPS) is 19.7. The van der Waals surface area contributed by atoms with Crippen LogP contribution in [-0.2, 0) is 14.3 Å². The van der Waals surface area contributed by atoms with Crippen LogP contribution in [0.1, 0.15) is 40.0 Å². The molecule has 1 heterocycles. The molecule has 2 amide bonds. The highest BCUT2D eigenvalue weighted by Crippen LogP contribution is 2.12. The fraction of sp³-hybridized carbons (Fsp3) is 0.857. The monoisotopic (exact) mass is 286 g/mol. The van der Waals surface area contributed by atoms with E-state index in [4.69, 9.17) is 9.47 Å².